The Morgan fingerprint density at radius 3 is 2.37 bits per heavy atom. The third-order valence-electron chi connectivity index (χ3n) is 3.06. The summed E-state index contributed by atoms with van der Waals surface area (Å²) in [5.74, 6) is 0.854. The van der Waals surface area contributed by atoms with Gasteiger partial charge in [-0.2, -0.15) is 0 Å². The molecule has 0 aliphatic heterocycles. The predicted molar refractivity (Wildman–Crippen MR) is 85.2 cm³/mol. The van der Waals surface area contributed by atoms with Gasteiger partial charge in [-0.15, -0.1) is 0 Å². The highest BCUT2D eigenvalue weighted by Crippen LogP contribution is 2.31. The Hall–Kier alpha value is -0.770. The van der Waals surface area contributed by atoms with E-state index >= 15 is 0 Å². The van der Waals surface area contributed by atoms with E-state index in [0.717, 1.165) is 15.3 Å². The molecule has 1 unspecified atom stereocenters. The van der Waals surface area contributed by atoms with Crippen LogP contribution in [0.15, 0.2) is 41.0 Å². The maximum Gasteiger partial charge on any atom is 0.143 e. The average molecular weight is 360 g/mol. The van der Waals surface area contributed by atoms with E-state index in [1.54, 1.807) is 6.20 Å². The Morgan fingerprint density at radius 1 is 1.16 bits per heavy atom. The predicted octanol–water partition coefficient (Wildman–Crippen LogP) is 5.35. The number of hydrogen-bond acceptors (Lipinski definition) is 2. The van der Waals surface area contributed by atoms with E-state index < -0.39 is 0 Å². The molecule has 1 aromatic heterocycles. The number of anilines is 1. The zero-order valence-electron chi connectivity index (χ0n) is 10.6. The Bertz CT molecular complexity index is 572. The minimum Gasteiger partial charge on any atom is -0.352 e. The van der Waals surface area contributed by atoms with Crippen molar-refractivity contribution in [1.29, 1.82) is 0 Å². The van der Waals surface area contributed by atoms with Gasteiger partial charge in [0.25, 0.3) is 0 Å². The van der Waals surface area contributed by atoms with Crippen LogP contribution in [0.2, 0.25) is 10.0 Å². The van der Waals surface area contributed by atoms with Gasteiger partial charge in [-0.1, -0.05) is 35.3 Å². The van der Waals surface area contributed by atoms with Gasteiger partial charge in [0.15, 0.2) is 0 Å². The molecule has 2 rings (SSSR count). The van der Waals surface area contributed by atoms with E-state index in [1.807, 2.05) is 37.4 Å². The Morgan fingerprint density at radius 2 is 1.79 bits per heavy atom. The number of nitrogens with zero attached hydrogens (tertiary/aromatic N) is 2. The minimum absolute atomic E-state index is 0.183. The molecule has 0 saturated heterocycles. The number of aromatic nitrogens is 1. The topological polar surface area (TPSA) is 16.1 Å². The molecule has 0 saturated carbocycles. The summed E-state index contributed by atoms with van der Waals surface area (Å²) in [5, 5.41) is 1.35. The molecular weight excluding hydrogens is 347 g/mol. The van der Waals surface area contributed by atoms with Crippen molar-refractivity contribution < 1.29 is 0 Å². The van der Waals surface area contributed by atoms with Crippen LogP contribution in [0.4, 0.5) is 5.82 Å². The largest absolute Gasteiger partial charge is 0.352 e. The van der Waals surface area contributed by atoms with Gasteiger partial charge in [0.1, 0.15) is 5.82 Å². The molecule has 1 heterocycles. The first-order valence-electron chi connectivity index (χ1n) is 5.78. The molecule has 100 valence electrons. The van der Waals surface area contributed by atoms with E-state index in [-0.39, 0.29) is 6.04 Å². The molecule has 0 bridgehead atoms. The summed E-state index contributed by atoms with van der Waals surface area (Å²) in [6, 6.07) is 9.86. The fraction of sp³-hybridized carbons (Fsp3) is 0.214. The molecule has 2 aromatic rings. The van der Waals surface area contributed by atoms with Crippen LogP contribution >= 0.6 is 39.1 Å². The molecule has 5 heteroatoms. The number of rotatable bonds is 3. The number of hydrogen-bond donors (Lipinski definition) is 0. The zero-order chi connectivity index (χ0) is 14.0. The van der Waals surface area contributed by atoms with Crippen LogP contribution in [0.5, 0.6) is 0 Å². The molecule has 0 aliphatic rings. The van der Waals surface area contributed by atoms with E-state index in [1.165, 1.54) is 5.56 Å². The lowest BCUT2D eigenvalue weighted by Gasteiger charge is -2.27. The molecule has 1 atom stereocenters. The van der Waals surface area contributed by atoms with E-state index in [9.17, 15) is 0 Å². The lowest BCUT2D eigenvalue weighted by molar-refractivity contribution is 0.727. The molecule has 1 aromatic carbocycles. The quantitative estimate of drug-likeness (QED) is 0.734. The van der Waals surface area contributed by atoms with Crippen molar-refractivity contribution >= 4 is 44.9 Å². The third-order valence-corrected chi connectivity index (χ3v) is 4.10. The molecule has 0 radical (unpaired) electrons. The Labute approximate surface area is 131 Å². The van der Waals surface area contributed by atoms with Gasteiger partial charge < -0.3 is 4.90 Å². The van der Waals surface area contributed by atoms with E-state index in [0.29, 0.717) is 5.02 Å². The molecule has 0 N–H and O–H groups in total. The van der Waals surface area contributed by atoms with Gasteiger partial charge in [0, 0.05) is 18.3 Å². The number of halogens is 3. The second-order valence-corrected chi connectivity index (χ2v) is 6.02. The fourth-order valence-corrected chi connectivity index (χ4v) is 2.86. The van der Waals surface area contributed by atoms with Crippen molar-refractivity contribution in [2.75, 3.05) is 11.9 Å². The summed E-state index contributed by atoms with van der Waals surface area (Å²) in [6.07, 6.45) is 1.65. The lowest BCUT2D eigenvalue weighted by Crippen LogP contribution is -2.23. The molecule has 0 spiro atoms. The van der Waals surface area contributed by atoms with Gasteiger partial charge in [-0.3, -0.25) is 0 Å². The first kappa shape index (κ1) is 14.6. The molecule has 0 aliphatic carbocycles. The van der Waals surface area contributed by atoms with Crippen molar-refractivity contribution in [2.45, 2.75) is 13.0 Å². The van der Waals surface area contributed by atoms with Gasteiger partial charge in [0.05, 0.1) is 15.5 Å². The van der Waals surface area contributed by atoms with Crippen LogP contribution in [-0.4, -0.2) is 12.0 Å². The molecule has 19 heavy (non-hydrogen) atoms. The zero-order valence-corrected chi connectivity index (χ0v) is 13.7. The van der Waals surface area contributed by atoms with Gasteiger partial charge in [-0.25, -0.2) is 4.98 Å². The first-order valence-corrected chi connectivity index (χ1v) is 7.33. The van der Waals surface area contributed by atoms with E-state index in [4.69, 9.17) is 23.2 Å². The highest BCUT2D eigenvalue weighted by atomic mass is 79.9. The summed E-state index contributed by atoms with van der Waals surface area (Å²) in [7, 11) is 2.00. The first-order chi connectivity index (χ1) is 8.99. The van der Waals surface area contributed by atoms with Gasteiger partial charge >= 0.3 is 0 Å². The summed E-state index contributed by atoms with van der Waals surface area (Å²) >= 11 is 15.3. The van der Waals surface area contributed by atoms with Crippen LogP contribution in [0, 0.1) is 0 Å². The maximum atomic E-state index is 5.91. The van der Waals surface area contributed by atoms with Crippen LogP contribution in [0.1, 0.15) is 18.5 Å². The smallest absolute Gasteiger partial charge is 0.143 e. The average Bonchev–Trinajstić information content (AvgIpc) is 2.38. The Balaban J connectivity index is 2.27. The van der Waals surface area contributed by atoms with Crippen LogP contribution in [0.25, 0.3) is 0 Å². The standard InChI is InChI=1S/C14H13BrCl2N2/c1-9(10-3-5-11(16)6-4-10)19(2)14-13(15)7-12(17)8-18-14/h3-9H,1-2H3. The highest BCUT2D eigenvalue weighted by Gasteiger charge is 2.16. The normalized spacial score (nSPS) is 12.3. The SMILES string of the molecule is CC(c1ccc(Cl)cc1)N(C)c1ncc(Cl)cc1Br. The fourth-order valence-electron chi connectivity index (χ4n) is 1.82. The minimum atomic E-state index is 0.183. The van der Waals surface area contributed by atoms with Gasteiger partial charge in [-0.05, 0) is 46.6 Å². The third kappa shape index (κ3) is 3.41. The maximum absolute atomic E-state index is 5.91. The van der Waals surface area contributed by atoms with Crippen LogP contribution in [-0.2, 0) is 0 Å². The lowest BCUT2D eigenvalue weighted by atomic mass is 10.1. The Kier molecular flexibility index (Phi) is 4.71. The highest BCUT2D eigenvalue weighted by molar-refractivity contribution is 9.10. The summed E-state index contributed by atoms with van der Waals surface area (Å²) in [5.41, 5.74) is 1.18. The van der Waals surface area contributed by atoms with Gasteiger partial charge in [0.2, 0.25) is 0 Å². The summed E-state index contributed by atoms with van der Waals surface area (Å²) in [4.78, 5) is 6.45. The van der Waals surface area contributed by atoms with Crippen molar-refractivity contribution in [3.63, 3.8) is 0 Å². The molecule has 0 fully saturated rings. The summed E-state index contributed by atoms with van der Waals surface area (Å²) in [6.45, 7) is 2.12. The number of pyridine rings is 1. The van der Waals surface area contributed by atoms with Crippen LogP contribution < -0.4 is 4.90 Å². The van der Waals surface area contributed by atoms with E-state index in [2.05, 4.69) is 32.7 Å². The second-order valence-electron chi connectivity index (χ2n) is 4.30. The molecule has 2 nitrogen and oxygen atoms in total. The van der Waals surface area contributed by atoms with Crippen molar-refractivity contribution in [1.82, 2.24) is 4.98 Å². The monoisotopic (exact) mass is 358 g/mol. The van der Waals surface area contributed by atoms with Crippen molar-refractivity contribution in [3.05, 3.63) is 56.6 Å². The van der Waals surface area contributed by atoms with Crippen molar-refractivity contribution in [2.24, 2.45) is 0 Å². The second kappa shape index (κ2) is 6.12. The van der Waals surface area contributed by atoms with Crippen LogP contribution in [0.3, 0.4) is 0 Å². The van der Waals surface area contributed by atoms with Crippen molar-refractivity contribution in [3.8, 4) is 0 Å². The summed E-state index contributed by atoms with van der Waals surface area (Å²) < 4.78 is 0.878. The number of benzene rings is 1. The molecular formula is C14H13BrCl2N2. The molecule has 0 amide bonds.